The maximum Gasteiger partial charge on any atom is 0.349 e. The monoisotopic (exact) mass is 502 g/mol. The number of esters is 4. The van der Waals surface area contributed by atoms with Crippen LogP contribution in [0.5, 0.6) is 0 Å². The lowest BCUT2D eigenvalue weighted by atomic mass is 10.2. The minimum atomic E-state index is -2.50. The molecule has 36 heavy (non-hydrogen) atoms. The van der Waals surface area contributed by atoms with Crippen LogP contribution in [0.15, 0.2) is 60.7 Å². The Bertz CT molecular complexity index is 993. The summed E-state index contributed by atoms with van der Waals surface area (Å²) < 4.78 is 18.9. The Balaban J connectivity index is 1.89. The Morgan fingerprint density at radius 3 is 1.19 bits per heavy atom. The average molecular weight is 502 g/mol. The van der Waals surface area contributed by atoms with E-state index < -0.39 is 60.9 Å². The quantitative estimate of drug-likeness (QED) is 0.228. The van der Waals surface area contributed by atoms with Gasteiger partial charge in [0.15, 0.2) is 0 Å². The minimum Gasteiger partial charge on any atom is -0.478 e. The number of hydrogen-bond acceptors (Lipinski definition) is 10. The summed E-state index contributed by atoms with van der Waals surface area (Å²) in [7, 11) is 0. The van der Waals surface area contributed by atoms with Gasteiger partial charge in [-0.1, -0.05) is 60.7 Å². The van der Waals surface area contributed by atoms with Crippen molar-refractivity contribution in [3.8, 4) is 0 Å². The summed E-state index contributed by atoms with van der Waals surface area (Å²) in [6.07, 6.45) is -7.05. The molecular formula is C24H22O12. The van der Waals surface area contributed by atoms with Gasteiger partial charge >= 0.3 is 35.8 Å². The summed E-state index contributed by atoms with van der Waals surface area (Å²) in [5.74, 6) is -8.90. The van der Waals surface area contributed by atoms with E-state index in [1.807, 2.05) is 0 Å². The van der Waals surface area contributed by atoms with Gasteiger partial charge in [-0.2, -0.15) is 0 Å². The lowest BCUT2D eigenvalue weighted by Gasteiger charge is -2.20. The van der Waals surface area contributed by atoms with Crippen molar-refractivity contribution in [3.05, 3.63) is 71.8 Å². The number of carboxylic acid groups (broad SMARTS) is 2. The van der Waals surface area contributed by atoms with E-state index in [0.717, 1.165) is 0 Å². The van der Waals surface area contributed by atoms with E-state index >= 15 is 0 Å². The largest absolute Gasteiger partial charge is 0.478 e. The van der Waals surface area contributed by atoms with Gasteiger partial charge in [0.2, 0.25) is 12.2 Å². The minimum absolute atomic E-state index is 0.162. The number of hydrogen-bond donors (Lipinski definition) is 2. The fourth-order valence-electron chi connectivity index (χ4n) is 2.66. The summed E-state index contributed by atoms with van der Waals surface area (Å²) in [6.45, 7) is -0.323. The molecule has 0 radical (unpaired) electrons. The molecule has 0 fully saturated rings. The zero-order valence-electron chi connectivity index (χ0n) is 18.7. The first-order valence-corrected chi connectivity index (χ1v) is 10.4. The van der Waals surface area contributed by atoms with Gasteiger partial charge in [-0.15, -0.1) is 0 Å². The van der Waals surface area contributed by atoms with Gasteiger partial charge in [0.05, 0.1) is 0 Å². The Labute approximate surface area is 204 Å². The molecule has 2 aromatic carbocycles. The van der Waals surface area contributed by atoms with Crippen molar-refractivity contribution in [1.29, 1.82) is 0 Å². The lowest BCUT2D eigenvalue weighted by Crippen LogP contribution is -2.46. The van der Waals surface area contributed by atoms with Crippen LogP contribution in [0.2, 0.25) is 0 Å². The lowest BCUT2D eigenvalue weighted by molar-refractivity contribution is -0.189. The molecular weight excluding hydrogens is 480 g/mol. The highest BCUT2D eigenvalue weighted by Crippen LogP contribution is 2.11. The summed E-state index contributed by atoms with van der Waals surface area (Å²) in [4.78, 5) is 70.6. The summed E-state index contributed by atoms with van der Waals surface area (Å²) in [6, 6.07) is 16.9. The summed E-state index contributed by atoms with van der Waals surface area (Å²) in [5.41, 5.74) is 1.26. The molecule has 0 heterocycles. The normalized spacial score (nSPS) is 11.9. The van der Waals surface area contributed by atoms with Gasteiger partial charge < -0.3 is 29.2 Å². The predicted octanol–water partition coefficient (Wildman–Crippen LogP) is 1.25. The smallest absolute Gasteiger partial charge is 0.349 e. The van der Waals surface area contributed by atoms with Crippen LogP contribution in [0.3, 0.4) is 0 Å². The van der Waals surface area contributed by atoms with Crippen molar-refractivity contribution < 1.29 is 57.9 Å². The van der Waals surface area contributed by atoms with Crippen molar-refractivity contribution in [2.24, 2.45) is 0 Å². The van der Waals surface area contributed by atoms with E-state index in [-0.39, 0.29) is 13.2 Å². The number of benzene rings is 2. The molecule has 2 rings (SSSR count). The molecule has 0 saturated carbocycles. The number of ether oxygens (including phenoxy) is 4. The fraction of sp³-hybridized carbons (Fsp3) is 0.250. The first-order valence-electron chi connectivity index (χ1n) is 10.4. The van der Waals surface area contributed by atoms with Crippen molar-refractivity contribution >= 4 is 35.8 Å². The number of carbonyl (C=O) groups excluding carboxylic acids is 4. The summed E-state index contributed by atoms with van der Waals surface area (Å²) >= 11 is 0. The zero-order chi connectivity index (χ0) is 26.5. The van der Waals surface area contributed by atoms with E-state index in [0.29, 0.717) is 11.1 Å². The molecule has 190 valence electrons. The molecule has 0 unspecified atom stereocenters. The van der Waals surface area contributed by atoms with Gasteiger partial charge in [0, 0.05) is 0 Å². The topological polar surface area (TPSA) is 180 Å². The number of carbonyl (C=O) groups is 6. The first-order chi connectivity index (χ1) is 17.2. The maximum absolute atomic E-state index is 12.0. The van der Waals surface area contributed by atoms with Crippen LogP contribution in [0.1, 0.15) is 24.0 Å². The van der Waals surface area contributed by atoms with E-state index in [9.17, 15) is 39.0 Å². The predicted molar refractivity (Wildman–Crippen MR) is 117 cm³/mol. The molecule has 2 N–H and O–H groups in total. The third-order valence-electron chi connectivity index (χ3n) is 4.34. The molecule has 0 aliphatic heterocycles. The van der Waals surface area contributed by atoms with E-state index in [4.69, 9.17) is 9.47 Å². The van der Waals surface area contributed by atoms with Crippen LogP contribution in [-0.2, 0) is 60.9 Å². The number of rotatable bonds is 13. The van der Waals surface area contributed by atoms with Gasteiger partial charge in [0.1, 0.15) is 26.1 Å². The molecule has 0 aliphatic rings. The van der Waals surface area contributed by atoms with E-state index in [1.54, 1.807) is 60.7 Å². The highest BCUT2D eigenvalue weighted by atomic mass is 16.6. The Hall–Kier alpha value is -4.74. The van der Waals surface area contributed by atoms with Crippen LogP contribution < -0.4 is 0 Å². The number of carboxylic acids is 2. The van der Waals surface area contributed by atoms with E-state index in [1.165, 1.54) is 0 Å². The molecule has 2 atom stereocenters. The molecule has 12 nitrogen and oxygen atoms in total. The molecule has 0 amide bonds. The van der Waals surface area contributed by atoms with E-state index in [2.05, 4.69) is 9.47 Å². The van der Waals surface area contributed by atoms with Gasteiger partial charge in [-0.05, 0) is 11.1 Å². The van der Waals surface area contributed by atoms with Crippen molar-refractivity contribution in [1.82, 2.24) is 0 Å². The Morgan fingerprint density at radius 2 is 0.889 bits per heavy atom. The first kappa shape index (κ1) is 27.5. The van der Waals surface area contributed by atoms with Gasteiger partial charge in [-0.25, -0.2) is 9.59 Å². The molecule has 0 bridgehead atoms. The van der Waals surface area contributed by atoms with Crippen LogP contribution in [-0.4, -0.2) is 58.2 Å². The standard InChI is InChI=1S/C24H22O12/c25-17(33-13-15-7-3-1-4-8-15)11-19(27)35-21(23(29)30)22(24(31)32)36-20(28)12-18(26)34-14-16-9-5-2-6-10-16/h1-10,21-22H,11-14H2,(H,29,30)(H,31,32)/t21-,22-/m1/s1. The van der Waals surface area contributed by atoms with Crippen molar-refractivity contribution in [3.63, 3.8) is 0 Å². The Morgan fingerprint density at radius 1 is 0.556 bits per heavy atom. The maximum atomic E-state index is 12.0. The molecule has 12 heteroatoms. The second-order valence-electron chi connectivity index (χ2n) is 7.14. The fourth-order valence-corrected chi connectivity index (χ4v) is 2.66. The van der Waals surface area contributed by atoms with Crippen molar-refractivity contribution in [2.45, 2.75) is 38.3 Å². The van der Waals surface area contributed by atoms with Crippen LogP contribution >= 0.6 is 0 Å². The second kappa shape index (κ2) is 13.8. The molecule has 0 aromatic heterocycles. The average Bonchev–Trinajstić information content (AvgIpc) is 2.84. The van der Waals surface area contributed by atoms with Crippen LogP contribution in [0.4, 0.5) is 0 Å². The summed E-state index contributed by atoms with van der Waals surface area (Å²) in [5, 5.41) is 18.6. The highest BCUT2D eigenvalue weighted by molar-refractivity contribution is 5.95. The third kappa shape index (κ3) is 9.63. The van der Waals surface area contributed by atoms with Crippen molar-refractivity contribution in [2.75, 3.05) is 0 Å². The van der Waals surface area contributed by atoms with Crippen LogP contribution in [0, 0.1) is 0 Å². The zero-order valence-corrected chi connectivity index (χ0v) is 18.7. The number of aliphatic carboxylic acids is 2. The van der Waals surface area contributed by atoms with Crippen LogP contribution in [0.25, 0.3) is 0 Å². The van der Waals surface area contributed by atoms with Gasteiger partial charge in [0.25, 0.3) is 0 Å². The Kier molecular flexibility index (Phi) is 10.6. The molecule has 0 aliphatic carbocycles. The SMILES string of the molecule is O=C(CC(=O)O[C@@H](C(=O)O)[C@@H](OC(=O)CC(=O)OCc1ccccc1)C(=O)O)OCc1ccccc1. The molecule has 0 saturated heterocycles. The third-order valence-corrected chi connectivity index (χ3v) is 4.34. The highest BCUT2D eigenvalue weighted by Gasteiger charge is 2.41. The second-order valence-corrected chi connectivity index (χ2v) is 7.14. The molecule has 0 spiro atoms. The molecule has 2 aromatic rings. The van der Waals surface area contributed by atoms with Gasteiger partial charge in [-0.3, -0.25) is 19.2 Å².